The number of nitrogens with zero attached hydrogens (tertiary/aromatic N) is 4. The maximum Gasteiger partial charge on any atom is 0.335 e. The topological polar surface area (TPSA) is 109 Å². The Morgan fingerprint density at radius 2 is 1.62 bits per heavy atom. The minimum absolute atomic E-state index is 0.197. The van der Waals surface area contributed by atoms with Crippen molar-refractivity contribution in [3.8, 4) is 11.1 Å². The molecule has 3 heterocycles. The van der Waals surface area contributed by atoms with Gasteiger partial charge in [0.25, 0.3) is 5.91 Å². The van der Waals surface area contributed by atoms with Gasteiger partial charge < -0.3 is 14.8 Å². The van der Waals surface area contributed by atoms with Crippen molar-refractivity contribution in [1.29, 1.82) is 0 Å². The molecule has 40 heavy (non-hydrogen) atoms. The number of amides is 1. The highest BCUT2D eigenvalue weighted by Crippen LogP contribution is 2.27. The van der Waals surface area contributed by atoms with E-state index in [-0.39, 0.29) is 17.5 Å². The number of imidazole rings is 1. The summed E-state index contributed by atoms with van der Waals surface area (Å²) in [6, 6.07) is 23.9. The van der Waals surface area contributed by atoms with Gasteiger partial charge in [-0.1, -0.05) is 48.5 Å². The van der Waals surface area contributed by atoms with Gasteiger partial charge in [-0.2, -0.15) is 0 Å². The van der Waals surface area contributed by atoms with Crippen LogP contribution < -0.4 is 5.32 Å². The van der Waals surface area contributed by atoms with E-state index in [2.05, 4.69) is 15.3 Å². The lowest BCUT2D eigenvalue weighted by Gasteiger charge is -2.16. The lowest BCUT2D eigenvalue weighted by atomic mass is 10.0. The normalized spacial score (nSPS) is 11.9. The van der Waals surface area contributed by atoms with Crippen LogP contribution in [0.15, 0.2) is 104 Å². The number of nitrogens with one attached hydrogen (secondary N) is 1. The van der Waals surface area contributed by atoms with Crippen molar-refractivity contribution in [2.24, 2.45) is 0 Å². The second-order valence-corrected chi connectivity index (χ2v) is 9.63. The summed E-state index contributed by atoms with van der Waals surface area (Å²) >= 11 is 0. The number of carbonyl (C=O) groups excluding carboxylic acids is 1. The minimum atomic E-state index is -0.991. The maximum absolute atomic E-state index is 13.8. The van der Waals surface area contributed by atoms with E-state index >= 15 is 0 Å². The number of benzene rings is 3. The number of hydrogen-bond acceptors (Lipinski definition) is 5. The Labute approximate surface area is 230 Å². The highest BCUT2D eigenvalue weighted by atomic mass is 16.4. The van der Waals surface area contributed by atoms with E-state index in [4.69, 9.17) is 4.98 Å². The third-order valence-corrected chi connectivity index (χ3v) is 6.96. The molecule has 6 aromatic rings. The van der Waals surface area contributed by atoms with Gasteiger partial charge in [-0.3, -0.25) is 14.8 Å². The molecule has 6 rings (SSSR count). The quantitative estimate of drug-likeness (QED) is 0.275. The fourth-order valence-electron chi connectivity index (χ4n) is 4.88. The molecule has 196 valence electrons. The van der Waals surface area contributed by atoms with Gasteiger partial charge in [0.2, 0.25) is 0 Å². The van der Waals surface area contributed by atoms with Crippen molar-refractivity contribution in [2.75, 3.05) is 0 Å². The smallest absolute Gasteiger partial charge is 0.335 e. The van der Waals surface area contributed by atoms with E-state index in [1.165, 1.54) is 12.1 Å². The van der Waals surface area contributed by atoms with E-state index in [0.717, 1.165) is 44.5 Å². The molecule has 0 unspecified atom stereocenters. The molecular formula is C32H25N5O3. The molecular weight excluding hydrogens is 502 g/mol. The second kappa shape index (κ2) is 10.4. The van der Waals surface area contributed by atoms with Crippen molar-refractivity contribution < 1.29 is 14.7 Å². The lowest BCUT2D eigenvalue weighted by molar-refractivity contribution is 0.0696. The van der Waals surface area contributed by atoms with Crippen molar-refractivity contribution in [2.45, 2.75) is 19.4 Å². The third-order valence-electron chi connectivity index (χ3n) is 6.96. The van der Waals surface area contributed by atoms with E-state index in [1.54, 1.807) is 30.9 Å². The van der Waals surface area contributed by atoms with Gasteiger partial charge in [0.05, 0.1) is 45.7 Å². The van der Waals surface area contributed by atoms with Gasteiger partial charge in [0.1, 0.15) is 0 Å². The summed E-state index contributed by atoms with van der Waals surface area (Å²) in [7, 11) is 0. The number of hydrogen-bond donors (Lipinski definition) is 2. The van der Waals surface area contributed by atoms with Crippen molar-refractivity contribution in [1.82, 2.24) is 24.7 Å². The number of aromatic nitrogens is 4. The first-order chi connectivity index (χ1) is 19.5. The van der Waals surface area contributed by atoms with Crippen LogP contribution in [0.25, 0.3) is 27.7 Å². The number of carboxylic acids is 1. The molecule has 0 saturated carbocycles. The first kappa shape index (κ1) is 24.9. The molecule has 1 atom stereocenters. The third kappa shape index (κ3) is 4.90. The molecule has 3 aromatic carbocycles. The monoisotopic (exact) mass is 527 g/mol. The highest BCUT2D eigenvalue weighted by Gasteiger charge is 2.20. The average molecular weight is 528 g/mol. The van der Waals surface area contributed by atoms with Crippen LogP contribution in [-0.2, 0) is 6.42 Å². The number of carbonyl (C=O) groups is 2. The number of rotatable bonds is 7. The number of pyridine rings is 1. The van der Waals surface area contributed by atoms with Gasteiger partial charge in [0.15, 0.2) is 0 Å². The molecule has 0 aliphatic carbocycles. The summed E-state index contributed by atoms with van der Waals surface area (Å²) in [5.74, 6) is -1.24. The van der Waals surface area contributed by atoms with Crippen molar-refractivity contribution >= 4 is 28.4 Å². The van der Waals surface area contributed by atoms with Crippen LogP contribution in [0.4, 0.5) is 0 Å². The molecule has 8 heteroatoms. The van der Waals surface area contributed by atoms with Crippen LogP contribution in [-0.4, -0.2) is 36.3 Å². The van der Waals surface area contributed by atoms with E-state index in [0.29, 0.717) is 12.0 Å². The Hall–Kier alpha value is -5.37. The van der Waals surface area contributed by atoms with E-state index in [9.17, 15) is 14.7 Å². The molecule has 0 spiro atoms. The predicted molar refractivity (Wildman–Crippen MR) is 152 cm³/mol. The summed E-state index contributed by atoms with van der Waals surface area (Å²) in [5, 5.41) is 12.3. The van der Waals surface area contributed by atoms with Gasteiger partial charge in [0, 0.05) is 25.0 Å². The molecule has 0 saturated heterocycles. The molecule has 0 fully saturated rings. The summed E-state index contributed by atoms with van der Waals surface area (Å²) in [6.45, 7) is 1.87. The second-order valence-electron chi connectivity index (χ2n) is 9.63. The SMILES string of the molecule is C[C@H](NC(=O)c1cc(-c2ccccc2)cn2cnc(Cc3ccc4nccnc4c3)c12)c1ccc(C(=O)O)cc1. The van der Waals surface area contributed by atoms with E-state index < -0.39 is 5.97 Å². The number of aromatic carboxylic acids is 1. The molecule has 0 radical (unpaired) electrons. The molecule has 0 aliphatic heterocycles. The Morgan fingerprint density at radius 1 is 0.875 bits per heavy atom. The summed E-state index contributed by atoms with van der Waals surface area (Å²) < 4.78 is 1.90. The molecule has 3 aromatic heterocycles. The van der Waals surface area contributed by atoms with Crippen LogP contribution in [0, 0.1) is 0 Å². The molecule has 0 aliphatic rings. The maximum atomic E-state index is 13.8. The fourth-order valence-corrected chi connectivity index (χ4v) is 4.88. The largest absolute Gasteiger partial charge is 0.478 e. The first-order valence-electron chi connectivity index (χ1n) is 12.8. The van der Waals surface area contributed by atoms with Crippen molar-refractivity contribution in [3.05, 3.63) is 132 Å². The van der Waals surface area contributed by atoms with Crippen LogP contribution in [0.5, 0.6) is 0 Å². The Bertz CT molecular complexity index is 1860. The highest BCUT2D eigenvalue weighted by molar-refractivity contribution is 6.03. The summed E-state index contributed by atoms with van der Waals surface area (Å²) in [6.07, 6.45) is 7.57. The summed E-state index contributed by atoms with van der Waals surface area (Å²) in [4.78, 5) is 38.5. The van der Waals surface area contributed by atoms with Crippen molar-refractivity contribution in [3.63, 3.8) is 0 Å². The Morgan fingerprint density at radius 3 is 2.38 bits per heavy atom. The minimum Gasteiger partial charge on any atom is -0.478 e. The van der Waals surface area contributed by atoms with Crippen LogP contribution in [0.2, 0.25) is 0 Å². The molecule has 0 bridgehead atoms. The number of fused-ring (bicyclic) bond motifs is 2. The van der Waals surface area contributed by atoms with E-state index in [1.807, 2.05) is 72.1 Å². The van der Waals surface area contributed by atoms with Gasteiger partial charge >= 0.3 is 5.97 Å². The summed E-state index contributed by atoms with van der Waals surface area (Å²) in [5.41, 5.74) is 7.51. The average Bonchev–Trinajstić information content (AvgIpc) is 3.39. The Kier molecular flexibility index (Phi) is 6.49. The van der Waals surface area contributed by atoms with Crippen LogP contribution >= 0.6 is 0 Å². The van der Waals surface area contributed by atoms with Gasteiger partial charge in [-0.25, -0.2) is 9.78 Å². The molecule has 1 amide bonds. The van der Waals surface area contributed by atoms with Gasteiger partial charge in [-0.05, 0) is 59.5 Å². The first-order valence-corrected chi connectivity index (χ1v) is 12.8. The zero-order valence-electron chi connectivity index (χ0n) is 21.7. The molecule has 8 nitrogen and oxygen atoms in total. The standard InChI is InChI=1S/C32H25N5O3/c1-20(22-8-10-24(11-9-22)32(39)40)36-31(38)26-17-25(23-5-3-2-4-6-23)18-37-19-35-29(30(26)37)16-21-7-12-27-28(15-21)34-14-13-33-27/h2-15,17-20H,16H2,1H3,(H,36,38)(H,39,40)/t20-/m0/s1. The zero-order chi connectivity index (χ0) is 27.6. The zero-order valence-corrected chi connectivity index (χ0v) is 21.7. The van der Waals surface area contributed by atoms with Crippen LogP contribution in [0.1, 0.15) is 50.5 Å². The Balaban J connectivity index is 1.39. The lowest BCUT2D eigenvalue weighted by Crippen LogP contribution is -2.27. The van der Waals surface area contributed by atoms with Crippen LogP contribution in [0.3, 0.4) is 0 Å². The number of carboxylic acid groups (broad SMARTS) is 1. The molecule has 2 N–H and O–H groups in total. The fraction of sp³-hybridized carbons (Fsp3) is 0.0938. The predicted octanol–water partition coefficient (Wildman–Crippen LogP) is 5.72. The van der Waals surface area contributed by atoms with Gasteiger partial charge in [-0.15, -0.1) is 0 Å².